The topological polar surface area (TPSA) is 55.1 Å². The Morgan fingerprint density at radius 2 is 1.86 bits per heavy atom. The van der Waals surface area contributed by atoms with Crippen LogP contribution in [0.25, 0.3) is 0 Å². The molecule has 0 aliphatic rings. The minimum atomic E-state index is 0.0357. The lowest BCUT2D eigenvalue weighted by molar-refractivity contribution is -0.116. The van der Waals surface area contributed by atoms with Gasteiger partial charge in [-0.25, -0.2) is 0 Å². The number of aryl methyl sites for hydroxylation is 1. The minimum absolute atomic E-state index is 0.0357. The summed E-state index contributed by atoms with van der Waals surface area (Å²) >= 11 is 5.06. The van der Waals surface area contributed by atoms with Crippen LogP contribution in [0.15, 0.2) is 18.2 Å². The molecule has 0 aromatic heterocycles. The number of hydrogen-bond donors (Lipinski definition) is 2. The van der Waals surface area contributed by atoms with Crippen LogP contribution in [0.2, 0.25) is 0 Å². The Hall–Kier alpha value is -1.42. The second-order valence-corrected chi connectivity index (χ2v) is 5.87. The van der Waals surface area contributed by atoms with Crippen LogP contribution in [-0.4, -0.2) is 10.9 Å². The third-order valence-corrected chi connectivity index (χ3v) is 3.75. The predicted molar refractivity (Wildman–Crippen MR) is 93.7 cm³/mol. The fourth-order valence-corrected chi connectivity index (χ4v) is 2.65. The SMILES string of the molecule is CCCCCCCCC(=O)Nc1cccc(C)c1C(N)=S. The highest BCUT2D eigenvalue weighted by molar-refractivity contribution is 7.80. The Kier molecular flexibility index (Phi) is 7.98. The largest absolute Gasteiger partial charge is 0.389 e. The van der Waals surface area contributed by atoms with E-state index >= 15 is 0 Å². The van der Waals surface area contributed by atoms with Crippen molar-refractivity contribution in [2.24, 2.45) is 5.73 Å². The van der Waals surface area contributed by atoms with Crippen molar-refractivity contribution in [1.82, 2.24) is 0 Å². The molecule has 1 aromatic rings. The van der Waals surface area contributed by atoms with E-state index < -0.39 is 0 Å². The van der Waals surface area contributed by atoms with Crippen LogP contribution in [0, 0.1) is 6.92 Å². The van der Waals surface area contributed by atoms with Crippen molar-refractivity contribution in [1.29, 1.82) is 0 Å². The first-order valence-corrected chi connectivity index (χ1v) is 8.16. The van der Waals surface area contributed by atoms with Crippen molar-refractivity contribution in [3.05, 3.63) is 29.3 Å². The molecular weight excluding hydrogens is 280 g/mol. The molecule has 0 unspecified atom stereocenters. The first kappa shape index (κ1) is 17.6. The summed E-state index contributed by atoms with van der Waals surface area (Å²) in [6, 6.07) is 5.69. The highest BCUT2D eigenvalue weighted by Crippen LogP contribution is 2.20. The molecule has 0 heterocycles. The molecule has 0 aliphatic heterocycles. The van der Waals surface area contributed by atoms with Gasteiger partial charge < -0.3 is 11.1 Å². The van der Waals surface area contributed by atoms with Gasteiger partial charge in [-0.3, -0.25) is 4.79 Å². The molecule has 0 spiro atoms. The third-order valence-electron chi connectivity index (χ3n) is 3.55. The monoisotopic (exact) mass is 306 g/mol. The molecule has 0 fully saturated rings. The fraction of sp³-hybridized carbons (Fsp3) is 0.529. The molecule has 1 amide bonds. The maximum absolute atomic E-state index is 12.0. The molecule has 4 heteroatoms. The molecule has 116 valence electrons. The molecule has 0 radical (unpaired) electrons. The summed E-state index contributed by atoms with van der Waals surface area (Å²) in [5, 5.41) is 2.93. The van der Waals surface area contributed by atoms with Gasteiger partial charge >= 0.3 is 0 Å². The van der Waals surface area contributed by atoms with Crippen molar-refractivity contribution in [3.8, 4) is 0 Å². The van der Waals surface area contributed by atoms with Gasteiger partial charge in [-0.2, -0.15) is 0 Å². The molecule has 0 bridgehead atoms. The van der Waals surface area contributed by atoms with Crippen molar-refractivity contribution in [2.75, 3.05) is 5.32 Å². The van der Waals surface area contributed by atoms with E-state index in [1.807, 2.05) is 25.1 Å². The van der Waals surface area contributed by atoms with Crippen LogP contribution < -0.4 is 11.1 Å². The van der Waals surface area contributed by atoms with Gasteiger partial charge in [0.15, 0.2) is 0 Å². The molecule has 3 nitrogen and oxygen atoms in total. The number of amides is 1. The molecule has 1 rings (SSSR count). The summed E-state index contributed by atoms with van der Waals surface area (Å²) in [5.41, 5.74) is 8.21. The van der Waals surface area contributed by atoms with E-state index in [0.29, 0.717) is 11.4 Å². The van der Waals surface area contributed by atoms with Crippen LogP contribution in [-0.2, 0) is 4.79 Å². The molecule has 1 aromatic carbocycles. The van der Waals surface area contributed by atoms with Crippen LogP contribution in [0.4, 0.5) is 5.69 Å². The van der Waals surface area contributed by atoms with Crippen LogP contribution in [0.5, 0.6) is 0 Å². The number of hydrogen-bond acceptors (Lipinski definition) is 2. The van der Waals surface area contributed by atoms with E-state index in [1.54, 1.807) is 0 Å². The Balaban J connectivity index is 2.45. The Bertz CT molecular complexity index is 486. The highest BCUT2D eigenvalue weighted by Gasteiger charge is 2.10. The highest BCUT2D eigenvalue weighted by atomic mass is 32.1. The normalized spacial score (nSPS) is 10.4. The minimum Gasteiger partial charge on any atom is -0.389 e. The predicted octanol–water partition coefficient (Wildman–Crippen LogP) is 4.32. The zero-order valence-corrected chi connectivity index (χ0v) is 13.9. The summed E-state index contributed by atoms with van der Waals surface area (Å²) in [6.07, 6.45) is 7.61. The number of thiocarbonyl (C=S) groups is 1. The van der Waals surface area contributed by atoms with E-state index in [-0.39, 0.29) is 5.91 Å². The Morgan fingerprint density at radius 1 is 1.19 bits per heavy atom. The van der Waals surface area contributed by atoms with Gasteiger partial charge in [-0.05, 0) is 25.0 Å². The van der Waals surface area contributed by atoms with E-state index in [0.717, 1.165) is 29.7 Å². The summed E-state index contributed by atoms with van der Waals surface area (Å²) in [5.74, 6) is 0.0357. The van der Waals surface area contributed by atoms with Crippen molar-refractivity contribution < 1.29 is 4.79 Å². The van der Waals surface area contributed by atoms with Gasteiger partial charge in [-0.15, -0.1) is 0 Å². The van der Waals surface area contributed by atoms with Crippen molar-refractivity contribution in [2.45, 2.75) is 58.8 Å². The lowest BCUT2D eigenvalue weighted by atomic mass is 10.1. The number of nitrogens with two attached hydrogens (primary N) is 1. The van der Waals surface area contributed by atoms with Crippen LogP contribution >= 0.6 is 12.2 Å². The zero-order valence-electron chi connectivity index (χ0n) is 13.1. The maximum Gasteiger partial charge on any atom is 0.224 e. The van der Waals surface area contributed by atoms with Crippen molar-refractivity contribution >= 4 is 28.8 Å². The summed E-state index contributed by atoms with van der Waals surface area (Å²) < 4.78 is 0. The fourth-order valence-electron chi connectivity index (χ4n) is 2.38. The molecule has 21 heavy (non-hydrogen) atoms. The lowest BCUT2D eigenvalue weighted by Crippen LogP contribution is -2.18. The molecule has 0 atom stereocenters. The van der Waals surface area contributed by atoms with Gasteiger partial charge in [0, 0.05) is 12.0 Å². The molecule has 0 saturated heterocycles. The average molecular weight is 306 g/mol. The molecule has 3 N–H and O–H groups in total. The second-order valence-electron chi connectivity index (χ2n) is 5.43. The Morgan fingerprint density at radius 3 is 2.52 bits per heavy atom. The third kappa shape index (κ3) is 6.25. The first-order chi connectivity index (χ1) is 10.1. The molecule has 0 saturated carbocycles. The van der Waals surface area contributed by atoms with Gasteiger partial charge in [0.2, 0.25) is 5.91 Å². The van der Waals surface area contributed by atoms with Crippen LogP contribution in [0.1, 0.15) is 63.0 Å². The zero-order chi connectivity index (χ0) is 15.7. The van der Waals surface area contributed by atoms with Gasteiger partial charge in [0.05, 0.1) is 5.69 Å². The lowest BCUT2D eigenvalue weighted by Gasteiger charge is -2.12. The quantitative estimate of drug-likeness (QED) is 0.528. The summed E-state index contributed by atoms with van der Waals surface area (Å²) in [4.78, 5) is 12.3. The van der Waals surface area contributed by atoms with Gasteiger partial charge in [0.25, 0.3) is 0 Å². The maximum atomic E-state index is 12.0. The second kappa shape index (κ2) is 9.50. The Labute approximate surface area is 133 Å². The number of rotatable bonds is 9. The number of carbonyl (C=O) groups is 1. The van der Waals surface area contributed by atoms with Crippen molar-refractivity contribution in [3.63, 3.8) is 0 Å². The van der Waals surface area contributed by atoms with E-state index in [9.17, 15) is 4.79 Å². The summed E-state index contributed by atoms with van der Waals surface area (Å²) in [6.45, 7) is 4.15. The molecule has 0 aliphatic carbocycles. The number of benzene rings is 1. The first-order valence-electron chi connectivity index (χ1n) is 7.75. The number of unbranched alkanes of at least 4 members (excludes halogenated alkanes) is 5. The smallest absolute Gasteiger partial charge is 0.224 e. The van der Waals surface area contributed by atoms with E-state index in [1.165, 1.54) is 25.7 Å². The summed E-state index contributed by atoms with van der Waals surface area (Å²) in [7, 11) is 0. The average Bonchev–Trinajstić information content (AvgIpc) is 2.42. The standard InChI is InChI=1S/C17H26N2OS/c1-3-4-5-6-7-8-12-15(20)19-14-11-9-10-13(2)16(14)17(18)21/h9-11H,3-8,12H2,1-2H3,(H2,18,21)(H,19,20). The van der Waals surface area contributed by atoms with Crippen LogP contribution in [0.3, 0.4) is 0 Å². The molecular formula is C17H26N2OS. The number of anilines is 1. The number of nitrogens with one attached hydrogen (secondary N) is 1. The van der Waals surface area contributed by atoms with Gasteiger partial charge in [0.1, 0.15) is 4.99 Å². The van der Waals surface area contributed by atoms with Gasteiger partial charge in [-0.1, -0.05) is 63.4 Å². The number of carbonyl (C=O) groups excluding carboxylic acids is 1. The van der Waals surface area contributed by atoms with E-state index in [2.05, 4.69) is 12.2 Å². The van der Waals surface area contributed by atoms with E-state index in [4.69, 9.17) is 18.0 Å².